The predicted octanol–water partition coefficient (Wildman–Crippen LogP) is 6.68. The number of aryl methyl sites for hydroxylation is 1. The molecule has 0 radical (unpaired) electrons. The van der Waals surface area contributed by atoms with Crippen molar-refractivity contribution in [1.29, 1.82) is 0 Å². The van der Waals surface area contributed by atoms with E-state index in [0.29, 0.717) is 22.9 Å². The lowest BCUT2D eigenvalue weighted by Gasteiger charge is -2.06. The Labute approximate surface area is 180 Å². The molecule has 1 aromatic heterocycles. The fourth-order valence-electron chi connectivity index (χ4n) is 2.91. The maximum absolute atomic E-state index is 10.2. The number of benzene rings is 3. The number of hydrogen-bond acceptors (Lipinski definition) is 5. The summed E-state index contributed by atoms with van der Waals surface area (Å²) in [5, 5.41) is 10.4. The average molecular weight is 472 g/mol. The minimum atomic E-state index is -0.0388. The summed E-state index contributed by atoms with van der Waals surface area (Å²) < 4.78 is 12.0. The van der Waals surface area contributed by atoms with Crippen LogP contribution in [-0.4, -0.2) is 23.4 Å². The summed E-state index contributed by atoms with van der Waals surface area (Å²) in [6, 6.07) is 14.7. The van der Waals surface area contributed by atoms with Crippen molar-refractivity contribution in [2.24, 2.45) is 4.99 Å². The topological polar surface area (TPSA) is 67.9 Å². The molecular formula is C22H16BrClN2O3. The third-order valence-electron chi connectivity index (χ3n) is 4.37. The molecule has 0 unspecified atom stereocenters. The summed E-state index contributed by atoms with van der Waals surface area (Å²) >= 11 is 9.39. The van der Waals surface area contributed by atoms with Gasteiger partial charge in [0.1, 0.15) is 22.7 Å². The molecule has 0 aliphatic carbocycles. The minimum absolute atomic E-state index is 0.0388. The second-order valence-electron chi connectivity index (χ2n) is 6.46. The molecule has 4 rings (SSSR count). The van der Waals surface area contributed by atoms with Crippen LogP contribution in [0.5, 0.6) is 11.5 Å². The molecule has 0 bridgehead atoms. The van der Waals surface area contributed by atoms with Gasteiger partial charge in [-0.1, -0.05) is 33.6 Å². The molecule has 0 saturated heterocycles. The van der Waals surface area contributed by atoms with Gasteiger partial charge in [-0.3, -0.25) is 4.99 Å². The second-order valence-corrected chi connectivity index (χ2v) is 7.78. The molecule has 0 aliphatic rings. The van der Waals surface area contributed by atoms with Gasteiger partial charge in [0.05, 0.1) is 12.1 Å². The standard InChI is InChI=1S/C22H16BrClN2O3/c1-12-3-5-20-18(7-12)26-22(29-20)13-4-6-19(28-2)17(9-13)25-11-14-8-15(23)10-16(24)21(14)27/h3-11,27H,1-2H3. The van der Waals surface area contributed by atoms with Gasteiger partial charge in [0.2, 0.25) is 5.89 Å². The van der Waals surface area contributed by atoms with Crippen LogP contribution in [0.4, 0.5) is 5.69 Å². The van der Waals surface area contributed by atoms with E-state index in [2.05, 4.69) is 25.9 Å². The Balaban J connectivity index is 1.75. The molecule has 0 saturated carbocycles. The number of aliphatic imine (C=N–C) groups is 1. The Bertz CT molecular complexity index is 1250. The number of hydrogen-bond donors (Lipinski definition) is 1. The first-order chi connectivity index (χ1) is 13.9. The highest BCUT2D eigenvalue weighted by Crippen LogP contribution is 2.35. The molecule has 0 fully saturated rings. The van der Waals surface area contributed by atoms with Gasteiger partial charge < -0.3 is 14.3 Å². The molecule has 146 valence electrons. The first-order valence-corrected chi connectivity index (χ1v) is 9.89. The van der Waals surface area contributed by atoms with E-state index in [1.165, 1.54) is 6.21 Å². The highest BCUT2D eigenvalue weighted by Gasteiger charge is 2.12. The third-order valence-corrected chi connectivity index (χ3v) is 5.12. The summed E-state index contributed by atoms with van der Waals surface area (Å²) in [6.45, 7) is 2.01. The number of rotatable bonds is 4. The zero-order valence-electron chi connectivity index (χ0n) is 15.6. The van der Waals surface area contributed by atoms with Crippen LogP contribution in [0.15, 0.2) is 62.4 Å². The van der Waals surface area contributed by atoms with E-state index in [0.717, 1.165) is 26.7 Å². The highest BCUT2D eigenvalue weighted by atomic mass is 79.9. The lowest BCUT2D eigenvalue weighted by atomic mass is 10.1. The quantitative estimate of drug-likeness (QED) is 0.337. The molecule has 5 nitrogen and oxygen atoms in total. The van der Waals surface area contributed by atoms with Crippen molar-refractivity contribution in [3.05, 3.63) is 69.2 Å². The fraction of sp³-hybridized carbons (Fsp3) is 0.0909. The number of fused-ring (bicyclic) bond motifs is 1. The predicted molar refractivity (Wildman–Crippen MR) is 119 cm³/mol. The molecule has 1 heterocycles. The number of aromatic nitrogens is 1. The maximum atomic E-state index is 10.2. The van der Waals surface area contributed by atoms with Crippen molar-refractivity contribution in [3.63, 3.8) is 0 Å². The Hall–Kier alpha value is -2.83. The molecule has 3 aromatic carbocycles. The van der Waals surface area contributed by atoms with Crippen LogP contribution in [0, 0.1) is 6.92 Å². The number of phenols is 1. The van der Waals surface area contributed by atoms with Gasteiger partial charge in [0.15, 0.2) is 5.58 Å². The number of methoxy groups -OCH3 is 1. The Morgan fingerprint density at radius 3 is 2.79 bits per heavy atom. The van der Waals surface area contributed by atoms with E-state index in [1.807, 2.05) is 37.3 Å². The van der Waals surface area contributed by atoms with E-state index in [-0.39, 0.29) is 10.8 Å². The maximum Gasteiger partial charge on any atom is 0.227 e. The second kappa shape index (κ2) is 7.89. The molecule has 7 heteroatoms. The van der Waals surface area contributed by atoms with Gasteiger partial charge in [0.25, 0.3) is 0 Å². The van der Waals surface area contributed by atoms with E-state index in [9.17, 15) is 5.11 Å². The molecule has 1 N–H and O–H groups in total. The summed E-state index contributed by atoms with van der Waals surface area (Å²) in [5.74, 6) is 1.04. The zero-order valence-corrected chi connectivity index (χ0v) is 18.0. The Kier molecular flexibility index (Phi) is 5.30. The molecule has 4 aromatic rings. The third kappa shape index (κ3) is 3.99. The number of oxazole rings is 1. The number of nitrogens with zero attached hydrogens (tertiary/aromatic N) is 2. The summed E-state index contributed by atoms with van der Waals surface area (Å²) in [7, 11) is 1.57. The molecule has 0 amide bonds. The lowest BCUT2D eigenvalue weighted by molar-refractivity contribution is 0.416. The molecular weight excluding hydrogens is 456 g/mol. The monoisotopic (exact) mass is 470 g/mol. The number of aromatic hydroxyl groups is 1. The van der Waals surface area contributed by atoms with Crippen LogP contribution in [0.3, 0.4) is 0 Å². The summed E-state index contributed by atoms with van der Waals surface area (Å²) in [5.41, 5.74) is 4.45. The number of halogens is 2. The average Bonchev–Trinajstić information content (AvgIpc) is 3.12. The Morgan fingerprint density at radius 1 is 1.17 bits per heavy atom. The highest BCUT2D eigenvalue weighted by molar-refractivity contribution is 9.10. The van der Waals surface area contributed by atoms with E-state index in [1.54, 1.807) is 25.3 Å². The Morgan fingerprint density at radius 2 is 2.00 bits per heavy atom. The van der Waals surface area contributed by atoms with Crippen LogP contribution >= 0.6 is 27.5 Å². The van der Waals surface area contributed by atoms with Crippen molar-refractivity contribution >= 4 is 50.5 Å². The van der Waals surface area contributed by atoms with E-state index >= 15 is 0 Å². The first-order valence-electron chi connectivity index (χ1n) is 8.72. The van der Waals surface area contributed by atoms with Crippen LogP contribution in [-0.2, 0) is 0 Å². The van der Waals surface area contributed by atoms with Gasteiger partial charge in [0, 0.05) is 21.8 Å². The fourth-order valence-corrected chi connectivity index (χ4v) is 3.74. The SMILES string of the molecule is COc1ccc(-c2nc3cc(C)ccc3o2)cc1N=Cc1cc(Br)cc(Cl)c1O. The van der Waals surface area contributed by atoms with Crippen molar-refractivity contribution in [1.82, 2.24) is 4.98 Å². The van der Waals surface area contributed by atoms with Crippen LogP contribution in [0.25, 0.3) is 22.6 Å². The molecule has 0 aliphatic heterocycles. The van der Waals surface area contributed by atoms with Crippen molar-refractivity contribution in [2.75, 3.05) is 7.11 Å². The molecule has 0 spiro atoms. The number of phenolic OH excluding ortho intramolecular Hbond substituents is 1. The minimum Gasteiger partial charge on any atom is -0.506 e. The summed E-state index contributed by atoms with van der Waals surface area (Å²) in [6.07, 6.45) is 1.53. The lowest BCUT2D eigenvalue weighted by Crippen LogP contribution is -1.87. The first kappa shape index (κ1) is 19.5. The van der Waals surface area contributed by atoms with Crippen LogP contribution in [0.2, 0.25) is 5.02 Å². The van der Waals surface area contributed by atoms with Gasteiger partial charge in [-0.2, -0.15) is 0 Å². The molecule has 0 atom stereocenters. The van der Waals surface area contributed by atoms with Gasteiger partial charge >= 0.3 is 0 Å². The normalized spacial score (nSPS) is 11.4. The zero-order chi connectivity index (χ0) is 20.5. The number of ether oxygens (including phenoxy) is 1. The van der Waals surface area contributed by atoms with E-state index in [4.69, 9.17) is 20.8 Å². The van der Waals surface area contributed by atoms with Crippen LogP contribution in [0.1, 0.15) is 11.1 Å². The van der Waals surface area contributed by atoms with E-state index < -0.39 is 0 Å². The van der Waals surface area contributed by atoms with Gasteiger partial charge in [-0.15, -0.1) is 0 Å². The van der Waals surface area contributed by atoms with Gasteiger partial charge in [-0.05, 0) is 55.0 Å². The van der Waals surface area contributed by atoms with Crippen molar-refractivity contribution < 1.29 is 14.3 Å². The largest absolute Gasteiger partial charge is 0.506 e. The van der Waals surface area contributed by atoms with Crippen molar-refractivity contribution in [3.8, 4) is 23.0 Å². The smallest absolute Gasteiger partial charge is 0.227 e. The van der Waals surface area contributed by atoms with Gasteiger partial charge in [-0.25, -0.2) is 4.98 Å². The van der Waals surface area contributed by atoms with Crippen molar-refractivity contribution in [2.45, 2.75) is 6.92 Å². The molecule has 29 heavy (non-hydrogen) atoms. The summed E-state index contributed by atoms with van der Waals surface area (Å²) in [4.78, 5) is 9.06. The van der Waals surface area contributed by atoms with Crippen LogP contribution < -0.4 is 4.74 Å².